The van der Waals surface area contributed by atoms with E-state index in [-0.39, 0.29) is 0 Å². The number of benzene rings is 1. The standard InChI is InChI=1S/C15H23N/c1-3-12-7-8-14(10-13(12)4-2)15-6-5-9-16-11-15/h7-8,10,15-16H,3-6,9,11H2,1-2H3. The number of piperidine rings is 1. The Balaban J connectivity index is 2.20. The van der Waals surface area contributed by atoms with Crippen LogP contribution in [0.25, 0.3) is 0 Å². The van der Waals surface area contributed by atoms with Crippen molar-refractivity contribution in [1.82, 2.24) is 5.32 Å². The molecule has 1 nitrogen and oxygen atoms in total. The second kappa shape index (κ2) is 5.49. The predicted octanol–water partition coefficient (Wildman–Crippen LogP) is 3.28. The third-order valence-corrected chi connectivity index (χ3v) is 3.76. The summed E-state index contributed by atoms with van der Waals surface area (Å²) < 4.78 is 0. The molecule has 1 heterocycles. The summed E-state index contributed by atoms with van der Waals surface area (Å²) in [6.45, 7) is 6.87. The third kappa shape index (κ3) is 2.46. The molecule has 1 aromatic rings. The van der Waals surface area contributed by atoms with E-state index >= 15 is 0 Å². The zero-order valence-corrected chi connectivity index (χ0v) is 10.6. The van der Waals surface area contributed by atoms with Gasteiger partial charge in [-0.3, -0.25) is 0 Å². The molecule has 0 aromatic heterocycles. The summed E-state index contributed by atoms with van der Waals surface area (Å²) in [7, 11) is 0. The molecule has 1 N–H and O–H groups in total. The van der Waals surface area contributed by atoms with Gasteiger partial charge in [-0.2, -0.15) is 0 Å². The normalized spacial score (nSPS) is 21.0. The van der Waals surface area contributed by atoms with Crippen LogP contribution < -0.4 is 5.32 Å². The van der Waals surface area contributed by atoms with Crippen molar-refractivity contribution in [2.24, 2.45) is 0 Å². The molecule has 2 rings (SSSR count). The van der Waals surface area contributed by atoms with Gasteiger partial charge in [0, 0.05) is 6.54 Å². The van der Waals surface area contributed by atoms with Crippen molar-refractivity contribution in [1.29, 1.82) is 0 Å². The van der Waals surface area contributed by atoms with Crippen molar-refractivity contribution < 1.29 is 0 Å². The van der Waals surface area contributed by atoms with Crippen LogP contribution in [0.4, 0.5) is 0 Å². The number of aryl methyl sites for hydroxylation is 2. The summed E-state index contributed by atoms with van der Waals surface area (Å²) >= 11 is 0. The molecule has 88 valence electrons. The molecule has 1 fully saturated rings. The van der Waals surface area contributed by atoms with Crippen LogP contribution in [0.5, 0.6) is 0 Å². The largest absolute Gasteiger partial charge is 0.316 e. The fourth-order valence-corrected chi connectivity index (χ4v) is 2.71. The van der Waals surface area contributed by atoms with Crippen LogP contribution in [-0.4, -0.2) is 13.1 Å². The topological polar surface area (TPSA) is 12.0 Å². The summed E-state index contributed by atoms with van der Waals surface area (Å²) in [5.41, 5.74) is 4.61. The Kier molecular flexibility index (Phi) is 4.00. The molecule has 1 aromatic carbocycles. The Morgan fingerprint density at radius 3 is 2.62 bits per heavy atom. The second-order valence-corrected chi connectivity index (χ2v) is 4.78. The fraction of sp³-hybridized carbons (Fsp3) is 0.600. The Hall–Kier alpha value is -0.820. The first kappa shape index (κ1) is 11.7. The van der Waals surface area contributed by atoms with E-state index in [1.807, 2.05) is 0 Å². The van der Waals surface area contributed by atoms with Gasteiger partial charge in [-0.15, -0.1) is 0 Å². The van der Waals surface area contributed by atoms with Crippen LogP contribution >= 0.6 is 0 Å². The van der Waals surface area contributed by atoms with Crippen molar-refractivity contribution in [3.63, 3.8) is 0 Å². The number of rotatable bonds is 3. The Morgan fingerprint density at radius 1 is 1.19 bits per heavy atom. The first-order valence-corrected chi connectivity index (χ1v) is 6.67. The van der Waals surface area contributed by atoms with Gasteiger partial charge >= 0.3 is 0 Å². The van der Waals surface area contributed by atoms with E-state index in [0.29, 0.717) is 0 Å². The molecule has 0 bridgehead atoms. The third-order valence-electron chi connectivity index (χ3n) is 3.76. The highest BCUT2D eigenvalue weighted by atomic mass is 14.9. The monoisotopic (exact) mass is 217 g/mol. The molecule has 0 aliphatic carbocycles. The summed E-state index contributed by atoms with van der Waals surface area (Å²) in [4.78, 5) is 0. The van der Waals surface area contributed by atoms with Gasteiger partial charge in [-0.1, -0.05) is 32.0 Å². The van der Waals surface area contributed by atoms with Crippen molar-refractivity contribution in [2.45, 2.75) is 45.4 Å². The quantitative estimate of drug-likeness (QED) is 0.819. The van der Waals surface area contributed by atoms with Crippen molar-refractivity contribution >= 4 is 0 Å². The summed E-state index contributed by atoms with van der Waals surface area (Å²) in [5, 5.41) is 3.50. The van der Waals surface area contributed by atoms with E-state index < -0.39 is 0 Å². The maximum absolute atomic E-state index is 3.50. The Morgan fingerprint density at radius 2 is 2.00 bits per heavy atom. The molecule has 0 saturated carbocycles. The van der Waals surface area contributed by atoms with Gasteiger partial charge in [0.25, 0.3) is 0 Å². The van der Waals surface area contributed by atoms with E-state index in [1.54, 1.807) is 11.1 Å². The highest BCUT2D eigenvalue weighted by molar-refractivity contribution is 5.34. The first-order chi connectivity index (χ1) is 7.85. The number of hydrogen-bond donors (Lipinski definition) is 1. The van der Waals surface area contributed by atoms with E-state index in [0.717, 1.165) is 25.3 Å². The maximum Gasteiger partial charge on any atom is 0.00201 e. The van der Waals surface area contributed by atoms with E-state index in [9.17, 15) is 0 Å². The van der Waals surface area contributed by atoms with Crippen LogP contribution in [0.2, 0.25) is 0 Å². The highest BCUT2D eigenvalue weighted by Gasteiger charge is 2.15. The van der Waals surface area contributed by atoms with Crippen LogP contribution in [0, 0.1) is 0 Å². The lowest BCUT2D eigenvalue weighted by Gasteiger charge is -2.24. The van der Waals surface area contributed by atoms with Gasteiger partial charge < -0.3 is 5.32 Å². The van der Waals surface area contributed by atoms with Gasteiger partial charge in [-0.05, 0) is 54.8 Å². The number of nitrogens with one attached hydrogen (secondary N) is 1. The maximum atomic E-state index is 3.50. The predicted molar refractivity (Wildman–Crippen MR) is 70.0 cm³/mol. The molecule has 1 aliphatic heterocycles. The Bertz CT molecular complexity index is 337. The lowest BCUT2D eigenvalue weighted by molar-refractivity contribution is 0.461. The molecular formula is C15H23N. The first-order valence-electron chi connectivity index (χ1n) is 6.67. The minimum absolute atomic E-state index is 0.741. The average Bonchev–Trinajstić information content (AvgIpc) is 2.39. The van der Waals surface area contributed by atoms with Gasteiger partial charge in [0.1, 0.15) is 0 Å². The molecule has 1 aliphatic rings. The molecule has 0 amide bonds. The molecule has 16 heavy (non-hydrogen) atoms. The lowest BCUT2D eigenvalue weighted by atomic mass is 9.88. The van der Waals surface area contributed by atoms with E-state index in [2.05, 4.69) is 37.4 Å². The zero-order chi connectivity index (χ0) is 11.4. The van der Waals surface area contributed by atoms with Gasteiger partial charge in [0.15, 0.2) is 0 Å². The van der Waals surface area contributed by atoms with Crippen LogP contribution in [0.3, 0.4) is 0 Å². The SMILES string of the molecule is CCc1ccc(C2CCCNC2)cc1CC. The molecule has 1 atom stereocenters. The van der Waals surface area contributed by atoms with Gasteiger partial charge in [0.2, 0.25) is 0 Å². The minimum atomic E-state index is 0.741. The van der Waals surface area contributed by atoms with Crippen LogP contribution in [0.15, 0.2) is 18.2 Å². The van der Waals surface area contributed by atoms with Crippen molar-refractivity contribution in [2.75, 3.05) is 13.1 Å². The highest BCUT2D eigenvalue weighted by Crippen LogP contribution is 2.25. The molecule has 0 spiro atoms. The molecular weight excluding hydrogens is 194 g/mol. The fourth-order valence-electron chi connectivity index (χ4n) is 2.71. The molecule has 1 heteroatoms. The number of hydrogen-bond acceptors (Lipinski definition) is 1. The average molecular weight is 217 g/mol. The Labute approximate surface area is 99.3 Å². The summed E-state index contributed by atoms with van der Waals surface area (Å²) in [5.74, 6) is 0.741. The van der Waals surface area contributed by atoms with Crippen LogP contribution in [-0.2, 0) is 12.8 Å². The summed E-state index contributed by atoms with van der Waals surface area (Å²) in [6.07, 6.45) is 4.99. The van der Waals surface area contributed by atoms with Crippen molar-refractivity contribution in [3.05, 3.63) is 34.9 Å². The second-order valence-electron chi connectivity index (χ2n) is 4.78. The van der Waals surface area contributed by atoms with Gasteiger partial charge in [-0.25, -0.2) is 0 Å². The lowest BCUT2D eigenvalue weighted by Crippen LogP contribution is -2.28. The van der Waals surface area contributed by atoms with Crippen molar-refractivity contribution in [3.8, 4) is 0 Å². The minimum Gasteiger partial charge on any atom is -0.316 e. The van der Waals surface area contributed by atoms with E-state index in [1.165, 1.54) is 24.9 Å². The zero-order valence-electron chi connectivity index (χ0n) is 10.6. The molecule has 0 radical (unpaired) electrons. The summed E-state index contributed by atoms with van der Waals surface area (Å²) in [6, 6.07) is 7.12. The van der Waals surface area contributed by atoms with Gasteiger partial charge in [0.05, 0.1) is 0 Å². The molecule has 1 saturated heterocycles. The van der Waals surface area contributed by atoms with Crippen LogP contribution in [0.1, 0.15) is 49.3 Å². The molecule has 1 unspecified atom stereocenters. The van der Waals surface area contributed by atoms with E-state index in [4.69, 9.17) is 0 Å². The smallest absolute Gasteiger partial charge is 0.00201 e.